The lowest BCUT2D eigenvalue weighted by atomic mass is 9.93. The second kappa shape index (κ2) is 6.40. The highest BCUT2D eigenvalue weighted by Gasteiger charge is 2.28. The molecule has 0 saturated heterocycles. The zero-order valence-corrected chi connectivity index (χ0v) is 13.8. The fourth-order valence-electron chi connectivity index (χ4n) is 3.23. The number of benzene rings is 4. The third kappa shape index (κ3) is 2.56. The van der Waals surface area contributed by atoms with Gasteiger partial charge in [-0.05, 0) is 29.0 Å². The Hall–Kier alpha value is -3.23. The molecule has 0 unspecified atom stereocenters. The lowest BCUT2D eigenvalue weighted by Crippen LogP contribution is -2.03. The maximum absolute atomic E-state index is 14.6. The maximum Gasteiger partial charge on any atom is 0.195 e. The number of hydrogen-bond donors (Lipinski definition) is 0. The van der Waals surface area contributed by atoms with Crippen LogP contribution >= 0.6 is 0 Å². The number of halogens is 9. The van der Waals surface area contributed by atoms with Gasteiger partial charge in [-0.1, -0.05) is 12.1 Å². The summed E-state index contributed by atoms with van der Waals surface area (Å²) in [4.78, 5) is 0. The van der Waals surface area contributed by atoms with Gasteiger partial charge in [0.15, 0.2) is 46.5 Å². The summed E-state index contributed by atoms with van der Waals surface area (Å²) in [5.41, 5.74) is -2.13. The van der Waals surface area contributed by atoms with Gasteiger partial charge in [-0.2, -0.15) is 0 Å². The normalized spacial score (nSPS) is 11.6. The van der Waals surface area contributed by atoms with E-state index >= 15 is 0 Å². The molecule has 0 aromatic heterocycles. The molecule has 0 atom stereocenters. The van der Waals surface area contributed by atoms with Crippen molar-refractivity contribution in [1.82, 2.24) is 0 Å². The molecule has 148 valence electrons. The molecule has 0 aliphatic heterocycles. The van der Waals surface area contributed by atoms with E-state index in [2.05, 4.69) is 0 Å². The minimum atomic E-state index is -2.16. The van der Waals surface area contributed by atoms with Crippen molar-refractivity contribution in [2.24, 2.45) is 0 Å². The Morgan fingerprint density at radius 2 is 1.10 bits per heavy atom. The SMILES string of the molecule is Fc1cc2cc(-c3c(F)c(F)c(F)c4c(F)cccc34)c(F)c(F)c2c(F)c1F. The summed E-state index contributed by atoms with van der Waals surface area (Å²) in [6, 6.07) is 3.49. The quantitative estimate of drug-likeness (QED) is 0.234. The van der Waals surface area contributed by atoms with Gasteiger partial charge in [-0.15, -0.1) is 0 Å². The first-order chi connectivity index (χ1) is 13.6. The van der Waals surface area contributed by atoms with E-state index < -0.39 is 85.0 Å². The lowest BCUT2D eigenvalue weighted by molar-refractivity contribution is 0.447. The molecule has 4 rings (SSSR count). The summed E-state index contributed by atoms with van der Waals surface area (Å²) in [6.45, 7) is 0. The van der Waals surface area contributed by atoms with Gasteiger partial charge in [0.1, 0.15) is 5.82 Å². The van der Waals surface area contributed by atoms with E-state index in [1.807, 2.05) is 0 Å². The topological polar surface area (TPSA) is 0 Å². The number of fused-ring (bicyclic) bond motifs is 2. The minimum Gasteiger partial charge on any atom is -0.206 e. The van der Waals surface area contributed by atoms with Crippen LogP contribution < -0.4 is 0 Å². The maximum atomic E-state index is 14.6. The highest BCUT2D eigenvalue weighted by Crippen LogP contribution is 2.40. The molecule has 0 radical (unpaired) electrons. The van der Waals surface area contributed by atoms with E-state index in [1.165, 1.54) is 0 Å². The molecule has 0 N–H and O–H groups in total. The minimum absolute atomic E-state index is 0.320. The van der Waals surface area contributed by atoms with Gasteiger partial charge in [-0.25, -0.2) is 39.5 Å². The second-order valence-electron chi connectivity index (χ2n) is 6.12. The van der Waals surface area contributed by atoms with E-state index in [0.717, 1.165) is 18.2 Å². The molecule has 0 aliphatic carbocycles. The molecule has 0 heterocycles. The summed E-state index contributed by atoms with van der Waals surface area (Å²) < 4.78 is 126. The van der Waals surface area contributed by atoms with Crippen LogP contribution in [0.15, 0.2) is 30.3 Å². The van der Waals surface area contributed by atoms with Crippen LogP contribution in [0.2, 0.25) is 0 Å². The van der Waals surface area contributed by atoms with Gasteiger partial charge in [0, 0.05) is 11.1 Å². The molecule has 29 heavy (non-hydrogen) atoms. The van der Waals surface area contributed by atoms with Crippen LogP contribution in [0.3, 0.4) is 0 Å². The van der Waals surface area contributed by atoms with E-state index in [9.17, 15) is 39.5 Å². The summed E-state index contributed by atoms with van der Waals surface area (Å²) >= 11 is 0. The van der Waals surface area contributed by atoms with E-state index in [1.54, 1.807) is 0 Å². The predicted molar refractivity (Wildman–Crippen MR) is 86.5 cm³/mol. The molecule has 0 spiro atoms. The Balaban J connectivity index is 2.22. The number of rotatable bonds is 1. The van der Waals surface area contributed by atoms with Crippen molar-refractivity contribution in [1.29, 1.82) is 0 Å². The zero-order valence-electron chi connectivity index (χ0n) is 13.8. The summed E-state index contributed by atoms with van der Waals surface area (Å²) in [5, 5.41) is -3.66. The Labute approximate surface area is 155 Å². The van der Waals surface area contributed by atoms with Crippen LogP contribution in [-0.2, 0) is 0 Å². The van der Waals surface area contributed by atoms with Gasteiger partial charge in [0.05, 0.1) is 10.8 Å². The molecule has 0 bridgehead atoms. The monoisotopic (exact) mass is 416 g/mol. The van der Waals surface area contributed by atoms with Crippen LogP contribution in [0.25, 0.3) is 32.7 Å². The fourth-order valence-corrected chi connectivity index (χ4v) is 3.23. The molecule has 0 aliphatic rings. The van der Waals surface area contributed by atoms with Crippen molar-refractivity contribution in [2.45, 2.75) is 0 Å². The van der Waals surface area contributed by atoms with E-state index in [0.29, 0.717) is 12.1 Å². The van der Waals surface area contributed by atoms with Gasteiger partial charge in [0.2, 0.25) is 0 Å². The molecule has 0 fully saturated rings. The first-order valence-electron chi connectivity index (χ1n) is 7.85. The third-order valence-electron chi connectivity index (χ3n) is 4.52. The fraction of sp³-hybridized carbons (Fsp3) is 0. The highest BCUT2D eigenvalue weighted by atomic mass is 19.2. The smallest absolute Gasteiger partial charge is 0.195 e. The molecular formula is C20H5F9. The Bertz CT molecular complexity index is 1340. The first kappa shape index (κ1) is 19.1. The molecule has 0 nitrogen and oxygen atoms in total. The average molecular weight is 416 g/mol. The number of hydrogen-bond acceptors (Lipinski definition) is 0. The Morgan fingerprint density at radius 3 is 1.79 bits per heavy atom. The van der Waals surface area contributed by atoms with Gasteiger partial charge < -0.3 is 0 Å². The Kier molecular flexibility index (Phi) is 4.21. The van der Waals surface area contributed by atoms with Crippen molar-refractivity contribution in [3.05, 3.63) is 82.7 Å². The van der Waals surface area contributed by atoms with Crippen LogP contribution in [0.5, 0.6) is 0 Å². The predicted octanol–water partition coefficient (Wildman–Crippen LogP) is 6.91. The standard InChI is InChI=1S/C20H5F9/c21-9-3-1-2-7-12(18(27)20(29)19(28)13(7)9)8-4-6-5-10(22)15(24)17(26)11(6)16(25)14(8)23/h1-5H. The van der Waals surface area contributed by atoms with Gasteiger partial charge in [-0.3, -0.25) is 0 Å². The van der Waals surface area contributed by atoms with Crippen molar-refractivity contribution in [3.63, 3.8) is 0 Å². The largest absolute Gasteiger partial charge is 0.206 e. The van der Waals surface area contributed by atoms with Crippen molar-refractivity contribution in [2.75, 3.05) is 0 Å². The van der Waals surface area contributed by atoms with Crippen LogP contribution in [0.4, 0.5) is 39.5 Å². The van der Waals surface area contributed by atoms with Crippen LogP contribution in [-0.4, -0.2) is 0 Å². The summed E-state index contributed by atoms with van der Waals surface area (Å²) in [6.07, 6.45) is 0. The van der Waals surface area contributed by atoms with Crippen molar-refractivity contribution in [3.8, 4) is 11.1 Å². The molecular weight excluding hydrogens is 411 g/mol. The first-order valence-corrected chi connectivity index (χ1v) is 7.85. The van der Waals surface area contributed by atoms with E-state index in [4.69, 9.17) is 0 Å². The average Bonchev–Trinajstić information content (AvgIpc) is 2.68. The highest BCUT2D eigenvalue weighted by molar-refractivity contribution is 6.00. The van der Waals surface area contributed by atoms with E-state index in [-0.39, 0.29) is 0 Å². The molecule has 4 aromatic rings. The second-order valence-corrected chi connectivity index (χ2v) is 6.12. The Morgan fingerprint density at radius 1 is 0.483 bits per heavy atom. The van der Waals surface area contributed by atoms with Crippen LogP contribution in [0.1, 0.15) is 0 Å². The van der Waals surface area contributed by atoms with Crippen LogP contribution in [0, 0.1) is 52.4 Å². The molecule has 9 heteroatoms. The van der Waals surface area contributed by atoms with Gasteiger partial charge in [0.25, 0.3) is 0 Å². The molecule has 0 saturated carbocycles. The third-order valence-corrected chi connectivity index (χ3v) is 4.52. The summed E-state index contributed by atoms with van der Waals surface area (Å²) in [5.74, 6) is -17.1. The zero-order chi connectivity index (χ0) is 21.2. The summed E-state index contributed by atoms with van der Waals surface area (Å²) in [7, 11) is 0. The molecule has 0 amide bonds. The van der Waals surface area contributed by atoms with Crippen molar-refractivity contribution < 1.29 is 39.5 Å². The van der Waals surface area contributed by atoms with Gasteiger partial charge >= 0.3 is 0 Å². The molecule has 4 aromatic carbocycles. The van der Waals surface area contributed by atoms with Crippen molar-refractivity contribution >= 4 is 21.5 Å². The lowest BCUT2D eigenvalue weighted by Gasteiger charge is -2.14.